The number of aliphatic hydroxyl groups excluding tert-OH is 1. The fourth-order valence-corrected chi connectivity index (χ4v) is 4.42. The zero-order valence-electron chi connectivity index (χ0n) is 19.2. The first-order chi connectivity index (χ1) is 14.1. The molecule has 0 fully saturated rings. The predicted molar refractivity (Wildman–Crippen MR) is 131 cm³/mol. The second-order valence-corrected chi connectivity index (χ2v) is 8.35. The molecule has 0 radical (unpaired) electrons. The first kappa shape index (κ1) is 31.6. The molecule has 1 aliphatic rings. The fourth-order valence-electron chi connectivity index (χ4n) is 4.04. The van der Waals surface area contributed by atoms with Crippen LogP contribution >= 0.6 is 28.7 Å². The number of thiol groups is 1. The highest BCUT2D eigenvalue weighted by atomic mass is 79.9. The van der Waals surface area contributed by atoms with Gasteiger partial charge in [0, 0.05) is 10.4 Å². The van der Waals surface area contributed by atoms with Crippen LogP contribution in [0, 0.1) is 17.8 Å². The van der Waals surface area contributed by atoms with Crippen LogP contribution in [0.15, 0.2) is 35.0 Å². The average molecular weight is 513 g/mol. The summed E-state index contributed by atoms with van der Waals surface area (Å²) >= 11 is 6.64. The highest BCUT2D eigenvalue weighted by Gasteiger charge is 2.36. The second-order valence-electron chi connectivity index (χ2n) is 7.43. The van der Waals surface area contributed by atoms with Crippen LogP contribution in [0.2, 0.25) is 0 Å². The molecule has 30 heavy (non-hydrogen) atoms. The van der Waals surface area contributed by atoms with Gasteiger partial charge in [0.1, 0.15) is 0 Å². The molecule has 1 aromatic carbocycles. The Morgan fingerprint density at radius 1 is 1.30 bits per heavy atom. The lowest BCUT2D eigenvalue weighted by atomic mass is 9.82. The first-order valence-corrected chi connectivity index (χ1v) is 11.8. The Morgan fingerprint density at radius 2 is 1.83 bits per heavy atom. The first-order valence-electron chi connectivity index (χ1n) is 10.5. The van der Waals surface area contributed by atoms with Gasteiger partial charge in [-0.05, 0) is 67.2 Å². The van der Waals surface area contributed by atoms with E-state index in [9.17, 15) is 8.78 Å². The zero-order chi connectivity index (χ0) is 23.9. The Hall–Kier alpha value is -0.630. The van der Waals surface area contributed by atoms with Crippen molar-refractivity contribution >= 4 is 28.7 Å². The molecule has 0 saturated carbocycles. The number of ether oxygens (including phenoxy) is 1. The van der Waals surface area contributed by atoms with Gasteiger partial charge in [0.05, 0.1) is 12.4 Å². The van der Waals surface area contributed by atoms with Crippen LogP contribution in [-0.4, -0.2) is 18.3 Å². The van der Waals surface area contributed by atoms with Crippen LogP contribution < -0.4 is 5.14 Å². The molecule has 0 heterocycles. The highest BCUT2D eigenvalue weighted by molar-refractivity contribution is 9.10. The van der Waals surface area contributed by atoms with Gasteiger partial charge in [-0.15, -0.1) is 12.8 Å². The minimum absolute atomic E-state index is 0.349. The predicted octanol–water partition coefficient (Wildman–Crippen LogP) is 7.34. The third-order valence-electron chi connectivity index (χ3n) is 4.65. The van der Waals surface area contributed by atoms with Crippen molar-refractivity contribution < 1.29 is 18.6 Å². The molecule has 0 spiro atoms. The Balaban J connectivity index is 0. The van der Waals surface area contributed by atoms with Crippen molar-refractivity contribution in [2.24, 2.45) is 22.9 Å². The minimum Gasteiger partial charge on any atom is -0.498 e. The molecule has 3 N–H and O–H groups in total. The summed E-state index contributed by atoms with van der Waals surface area (Å²) in [4.78, 5) is 0. The monoisotopic (exact) mass is 511 g/mol. The van der Waals surface area contributed by atoms with Gasteiger partial charge in [-0.25, -0.2) is 0 Å². The number of nitrogens with two attached hydrogens (primary N) is 1. The normalized spacial score (nSPS) is 17.5. The molecular formula is C23H40BrF2NO2S. The lowest BCUT2D eigenvalue weighted by Crippen LogP contribution is -2.16. The smallest absolute Gasteiger partial charge is 0.342 e. The van der Waals surface area contributed by atoms with Gasteiger partial charge >= 0.3 is 6.61 Å². The molecular weight excluding hydrogens is 472 g/mol. The van der Waals surface area contributed by atoms with Crippen LogP contribution in [0.1, 0.15) is 71.4 Å². The Kier molecular flexibility index (Phi) is 18.9. The summed E-state index contributed by atoms with van der Waals surface area (Å²) in [5.41, 5.74) is 2.88. The number of allylic oxidation sites excluding steroid dienone is 1. The maximum atomic E-state index is 9.89. The van der Waals surface area contributed by atoms with E-state index in [1.807, 2.05) is 20.8 Å². The van der Waals surface area contributed by atoms with Gasteiger partial charge in [0.15, 0.2) is 0 Å². The summed E-state index contributed by atoms with van der Waals surface area (Å²) in [5.74, 6) is 3.43. The molecule has 1 aromatic rings. The topological polar surface area (TPSA) is 55.5 Å². The van der Waals surface area contributed by atoms with E-state index in [1.165, 1.54) is 24.0 Å². The number of benzene rings is 1. The average Bonchev–Trinajstić information content (AvgIpc) is 3.01. The molecule has 0 bridgehead atoms. The summed E-state index contributed by atoms with van der Waals surface area (Å²) in [6.07, 6.45) is 3.70. The molecule has 0 aromatic heterocycles. The van der Waals surface area contributed by atoms with Crippen molar-refractivity contribution in [2.45, 2.75) is 73.3 Å². The standard InChI is InChI=1S/C20H29BrO.C2H6.CH2F2O.H3NS/c1-6-22-15(5)20-17(10-14(4)9-13(2)3)11-16-7-8-18(21)12-19(16)20;1-2;2-1(3)4;1-2/h7-8,12-14,17,20H,5-6,9-11H2,1-4H3;1-2H3;1,4H;2H,1H2/t14?,17-,20-;;;/m0.../s1. The van der Waals surface area contributed by atoms with Gasteiger partial charge < -0.3 is 9.84 Å². The third kappa shape index (κ3) is 12.3. The summed E-state index contributed by atoms with van der Waals surface area (Å²) in [6.45, 7) is 14.8. The van der Waals surface area contributed by atoms with E-state index in [0.717, 1.165) is 28.5 Å². The molecule has 0 amide bonds. The summed E-state index contributed by atoms with van der Waals surface area (Å²) in [7, 11) is 0. The summed E-state index contributed by atoms with van der Waals surface area (Å²) in [5, 5.41) is 10.9. The molecule has 0 saturated heterocycles. The van der Waals surface area contributed by atoms with E-state index in [0.29, 0.717) is 18.4 Å². The molecule has 1 unspecified atom stereocenters. The van der Waals surface area contributed by atoms with Gasteiger partial charge in [0.2, 0.25) is 0 Å². The third-order valence-corrected chi connectivity index (χ3v) is 5.15. The number of fused-ring (bicyclic) bond motifs is 1. The Labute approximate surface area is 196 Å². The summed E-state index contributed by atoms with van der Waals surface area (Å²) in [6, 6.07) is 6.68. The van der Waals surface area contributed by atoms with Gasteiger partial charge in [0.25, 0.3) is 0 Å². The zero-order valence-corrected chi connectivity index (χ0v) is 21.6. The van der Waals surface area contributed by atoms with Gasteiger partial charge in [-0.1, -0.05) is 63.2 Å². The van der Waals surface area contributed by atoms with Crippen LogP contribution in [-0.2, 0) is 11.2 Å². The fraction of sp³-hybridized carbons (Fsp3) is 0.652. The quantitative estimate of drug-likeness (QED) is 0.265. The van der Waals surface area contributed by atoms with Crippen molar-refractivity contribution in [1.82, 2.24) is 0 Å². The van der Waals surface area contributed by atoms with Crippen LogP contribution in [0.3, 0.4) is 0 Å². The molecule has 7 heteroatoms. The highest BCUT2D eigenvalue weighted by Crippen LogP contribution is 2.46. The number of hydrogen-bond donors (Lipinski definition) is 3. The number of rotatable bonds is 7. The SMILES string of the molecule is C=C(OCC)[C@@H]1c2cc(Br)ccc2C[C@@H]1CC(C)CC(C)C.CC.NS.OC(F)F. The molecule has 176 valence electrons. The van der Waals surface area contributed by atoms with E-state index in [2.05, 4.69) is 79.4 Å². The molecule has 2 rings (SSSR count). The van der Waals surface area contributed by atoms with E-state index in [1.54, 1.807) is 0 Å². The Morgan fingerprint density at radius 3 is 2.30 bits per heavy atom. The van der Waals surface area contributed by atoms with E-state index in [-0.39, 0.29) is 0 Å². The van der Waals surface area contributed by atoms with Crippen LogP contribution in [0.5, 0.6) is 0 Å². The largest absolute Gasteiger partial charge is 0.498 e. The summed E-state index contributed by atoms with van der Waals surface area (Å²) < 4.78 is 26.7. The van der Waals surface area contributed by atoms with Crippen molar-refractivity contribution in [3.05, 3.63) is 46.1 Å². The second kappa shape index (κ2) is 18.0. The number of alkyl halides is 2. The molecule has 3 atom stereocenters. The maximum Gasteiger partial charge on any atom is 0.342 e. The molecule has 3 nitrogen and oxygen atoms in total. The Bertz CT molecular complexity index is 586. The van der Waals surface area contributed by atoms with Crippen molar-refractivity contribution in [3.8, 4) is 0 Å². The van der Waals surface area contributed by atoms with Crippen molar-refractivity contribution in [1.29, 1.82) is 0 Å². The number of aliphatic hydroxyl groups is 1. The van der Waals surface area contributed by atoms with E-state index >= 15 is 0 Å². The lowest BCUT2D eigenvalue weighted by molar-refractivity contribution is -0.0728. The van der Waals surface area contributed by atoms with E-state index in [4.69, 9.17) is 9.84 Å². The number of hydrogen-bond acceptors (Lipinski definition) is 4. The van der Waals surface area contributed by atoms with Crippen molar-refractivity contribution in [2.75, 3.05) is 6.61 Å². The van der Waals surface area contributed by atoms with Gasteiger partial charge in [-0.3, -0.25) is 5.14 Å². The lowest BCUT2D eigenvalue weighted by Gasteiger charge is -2.26. The van der Waals surface area contributed by atoms with Crippen LogP contribution in [0.25, 0.3) is 0 Å². The minimum atomic E-state index is -3.17. The van der Waals surface area contributed by atoms with E-state index < -0.39 is 6.61 Å². The van der Waals surface area contributed by atoms with Crippen LogP contribution in [0.4, 0.5) is 8.78 Å². The van der Waals surface area contributed by atoms with Crippen molar-refractivity contribution in [3.63, 3.8) is 0 Å². The van der Waals surface area contributed by atoms with Gasteiger partial charge in [-0.2, -0.15) is 8.78 Å². The molecule has 0 aliphatic heterocycles. The number of halogens is 3. The molecule has 1 aliphatic carbocycles. The maximum absolute atomic E-state index is 9.89.